The number of H-pyrrole nitrogens is 3. The Kier molecular flexibility index (Phi) is 25.7. The number of ketones is 1. The largest absolute Gasteiger partial charge is 0.496 e. The standard InChI is InChI=1S/C12H12N6.C12H14N4O2.C10H10N4O2.C7H7N5O.C5H6N6.C5H5N5.C5H8N4O2.C4H3N5/c1-9-7-11-15-16-17-18(11)12(14-9)13-8-10-5-3-2-4-6-10;1-3-8-4-5-11(18-2)9(6-8)10(17)7-12-13-15-16-14-12;15-10(16)6-9-11-12-13-14(9)7-8-4-2-1-3-5-8;13-6-4-2-1-3-5(4)9-12-7(6)8-10-11-12;1-3-2-4-8-9-10-11(4)5(6)7-3;1-4-2-3-5-6-8-9-10(5)7-4;1-2-11-5(10)3-4-6-8-9-7-4;1-2-4-6-7-8-9(4)5-3-1/h2-7H,8H2,1H3,(H,13,14);4-6H,3,7H2,1-2H3,(H,13,14,15,16);1-5H,6-7H2,(H,15,16);9H,1-3H2;2H,1H3,(H2,6,7);2-3H,1H3;2-3H2,1H3,(H,6,7,8,9);1-3H. The van der Waals surface area contributed by atoms with Gasteiger partial charge in [-0.15, -0.1) is 64.9 Å². The summed E-state index contributed by atoms with van der Waals surface area (Å²) in [6.07, 6.45) is 5.30. The van der Waals surface area contributed by atoms with Crippen LogP contribution >= 0.6 is 0 Å². The van der Waals surface area contributed by atoms with Crippen LogP contribution in [0.3, 0.4) is 0 Å². The molecule has 46 nitrogen and oxygen atoms in total. The van der Waals surface area contributed by atoms with Gasteiger partial charge >= 0.3 is 11.9 Å². The number of aromatic nitrogens is 37. The first-order valence-corrected chi connectivity index (χ1v) is 31.9. The summed E-state index contributed by atoms with van der Waals surface area (Å²) < 4.78 is 18.4. The van der Waals surface area contributed by atoms with Crippen LogP contribution in [0, 0.1) is 20.8 Å². The van der Waals surface area contributed by atoms with Crippen LogP contribution in [0.25, 0.3) is 28.2 Å². The van der Waals surface area contributed by atoms with E-state index in [9.17, 15) is 19.2 Å². The summed E-state index contributed by atoms with van der Waals surface area (Å²) in [5.41, 5.74) is 16.7. The monoisotopic (exact) mass is 1440 g/mol. The number of fused-ring (bicyclic) bond motifs is 6. The maximum Gasteiger partial charge on any atom is 0.313 e. The third kappa shape index (κ3) is 20.8. The van der Waals surface area contributed by atoms with E-state index in [1.165, 1.54) is 28.7 Å². The number of rotatable bonds is 15. The van der Waals surface area contributed by atoms with Crippen LogP contribution in [-0.4, -0.2) is 224 Å². The number of hydrogen-bond donors (Lipinski definition) is 6. The smallest absolute Gasteiger partial charge is 0.313 e. The molecule has 1 aliphatic rings. The lowest BCUT2D eigenvalue weighted by Crippen LogP contribution is -2.15. The lowest BCUT2D eigenvalue weighted by Gasteiger charge is -2.08. The van der Waals surface area contributed by atoms with Crippen molar-refractivity contribution < 1.29 is 29.0 Å². The Bertz CT molecular complexity index is 5460. The average Bonchev–Trinajstić information content (AvgIpc) is 1.63. The van der Waals surface area contributed by atoms with Crippen LogP contribution in [0.1, 0.15) is 93.1 Å². The summed E-state index contributed by atoms with van der Waals surface area (Å²) >= 11 is 0. The number of esters is 1. The third-order valence-electron chi connectivity index (χ3n) is 14.3. The number of nitrogens with two attached hydrogens (primary N) is 1. The number of aliphatic carboxylic acids is 1. The van der Waals surface area contributed by atoms with Gasteiger partial charge in [-0.2, -0.15) is 29.7 Å². The number of aromatic amines is 3. The van der Waals surface area contributed by atoms with Gasteiger partial charge in [0.1, 0.15) is 18.6 Å². The quantitative estimate of drug-likeness (QED) is 0.0595. The summed E-state index contributed by atoms with van der Waals surface area (Å²) in [6, 6.07) is 36.2. The third-order valence-corrected chi connectivity index (χ3v) is 14.3. The molecule has 0 aliphatic heterocycles. The molecule has 16 aromatic rings. The molecule has 0 saturated heterocycles. The van der Waals surface area contributed by atoms with Gasteiger partial charge in [0.05, 0.1) is 37.9 Å². The molecule has 0 radical (unpaired) electrons. The minimum absolute atomic E-state index is 0.0312. The van der Waals surface area contributed by atoms with Crippen molar-refractivity contribution in [1.29, 1.82) is 0 Å². The molecule has 0 saturated carbocycles. The highest BCUT2D eigenvalue weighted by Crippen LogP contribution is 2.22. The molecule has 13 heterocycles. The second-order valence-corrected chi connectivity index (χ2v) is 21.9. The zero-order valence-corrected chi connectivity index (χ0v) is 57.3. The van der Waals surface area contributed by atoms with Crippen molar-refractivity contribution in [3.05, 3.63) is 200 Å². The molecule has 0 amide bonds. The van der Waals surface area contributed by atoms with Crippen LogP contribution in [0.5, 0.6) is 5.75 Å². The van der Waals surface area contributed by atoms with Crippen molar-refractivity contribution in [2.75, 3.05) is 24.8 Å². The van der Waals surface area contributed by atoms with Crippen molar-refractivity contribution in [3.63, 3.8) is 0 Å². The summed E-state index contributed by atoms with van der Waals surface area (Å²) in [5.74, 6) is 1.26. The topological polar surface area (TPSA) is 580 Å². The van der Waals surface area contributed by atoms with Crippen molar-refractivity contribution in [3.8, 4) is 5.75 Å². The fourth-order valence-electron chi connectivity index (χ4n) is 9.43. The second-order valence-electron chi connectivity index (χ2n) is 21.9. The maximum absolute atomic E-state index is 12.2. The molecule has 3 aromatic carbocycles. The number of methoxy groups -OCH3 is 1. The first kappa shape index (κ1) is 73.8. The molecular weight excluding hydrogens is 1380 g/mol. The Morgan fingerprint density at radius 1 is 0.613 bits per heavy atom. The second kappa shape index (κ2) is 37.0. The molecule has 106 heavy (non-hydrogen) atoms. The first-order valence-electron chi connectivity index (χ1n) is 31.9. The zero-order chi connectivity index (χ0) is 74.6. The normalized spacial score (nSPS) is 10.9. The molecule has 0 fully saturated rings. The molecule has 0 spiro atoms. The Balaban J connectivity index is 0.000000131. The average molecular weight is 1440 g/mol. The van der Waals surface area contributed by atoms with Gasteiger partial charge < -0.3 is 25.6 Å². The molecule has 0 bridgehead atoms. The number of hydrogen-bond acceptors (Lipinski definition) is 36. The van der Waals surface area contributed by atoms with Crippen LogP contribution in [0.4, 0.5) is 11.9 Å². The predicted octanol–water partition coefficient (Wildman–Crippen LogP) is 0.348. The number of benzene rings is 3. The Morgan fingerprint density at radius 3 is 1.93 bits per heavy atom. The highest BCUT2D eigenvalue weighted by atomic mass is 16.5. The van der Waals surface area contributed by atoms with Gasteiger partial charge in [0, 0.05) is 47.5 Å². The van der Waals surface area contributed by atoms with Crippen molar-refractivity contribution in [2.45, 2.75) is 92.7 Å². The zero-order valence-electron chi connectivity index (χ0n) is 57.3. The van der Waals surface area contributed by atoms with Crippen LogP contribution in [0.15, 0.2) is 126 Å². The number of nitrogen functional groups attached to an aromatic ring is 1. The molecule has 0 atom stereocenters. The minimum atomic E-state index is -0.941. The SMILES string of the molecule is CCOC(=O)Cc1nn[nH]n1.CCc1ccc(OC)c(C(=O)Cc2nn[nH]n2)c1.Cc1cc2nnnn2c(N)n1.Cc1cc2nnnn2c(NCc2ccccc2)n1.Cc1ccc2nnnn2n1.O=C(O)Cc1nnnn1Cc1ccccc1.O=c1c2c([nH]n3nnnc13)CCC2.c1cnn2nnnc2c1. The number of tetrazole rings is 8. The maximum atomic E-state index is 12.2. The first-order chi connectivity index (χ1) is 51.6. The number of carboxylic acids is 1. The molecule has 1 aliphatic carbocycles. The number of carboxylic acid groups (broad SMARTS) is 1. The molecule has 46 heteroatoms. The van der Waals surface area contributed by atoms with E-state index in [2.05, 4.69) is 182 Å². The molecule has 7 N–H and O–H groups in total. The summed E-state index contributed by atoms with van der Waals surface area (Å²) in [6.45, 7) is 11.0. The predicted molar refractivity (Wildman–Crippen MR) is 364 cm³/mol. The number of carbonyl (C=O) groups is 3. The summed E-state index contributed by atoms with van der Waals surface area (Å²) in [5, 5.41) is 114. The van der Waals surface area contributed by atoms with Gasteiger partial charge in [-0.1, -0.05) is 84.1 Å². The molecule has 17 rings (SSSR count). The van der Waals surface area contributed by atoms with E-state index in [0.717, 1.165) is 65.1 Å². The van der Waals surface area contributed by atoms with Gasteiger partial charge in [-0.25, -0.2) is 14.6 Å². The Morgan fingerprint density at radius 2 is 1.25 bits per heavy atom. The van der Waals surface area contributed by atoms with E-state index in [0.29, 0.717) is 88.6 Å². The minimum Gasteiger partial charge on any atom is -0.496 e. The molecule has 0 unspecified atom stereocenters. The fourth-order valence-corrected chi connectivity index (χ4v) is 9.43. The number of Topliss-reactive ketones (excluding diaryl/α,β-unsaturated/α-hetero) is 1. The van der Waals surface area contributed by atoms with Gasteiger partial charge in [0.15, 0.2) is 45.8 Å². The number of nitrogens with zero attached hydrogens (tertiary/aromatic N) is 34. The number of nitrogens with one attached hydrogen (secondary N) is 4. The lowest BCUT2D eigenvalue weighted by atomic mass is 10.0. The Hall–Kier alpha value is -14.9. The fraction of sp³-hybridized carbons (Fsp3) is 0.267. The van der Waals surface area contributed by atoms with Crippen molar-refractivity contribution >= 4 is 57.9 Å². The van der Waals surface area contributed by atoms with Crippen molar-refractivity contribution in [1.82, 2.24) is 187 Å². The van der Waals surface area contributed by atoms with E-state index < -0.39 is 5.97 Å². The summed E-state index contributed by atoms with van der Waals surface area (Å²) in [7, 11) is 1.55. The molecule has 542 valence electrons. The van der Waals surface area contributed by atoms with E-state index in [1.54, 1.807) is 42.9 Å². The number of ether oxygens (including phenoxy) is 2. The van der Waals surface area contributed by atoms with Gasteiger partial charge in [0.25, 0.3) is 0 Å². The highest BCUT2D eigenvalue weighted by Gasteiger charge is 2.20. The van der Waals surface area contributed by atoms with Crippen LogP contribution in [0.2, 0.25) is 0 Å². The number of aryl methyl sites for hydroxylation is 5. The van der Waals surface area contributed by atoms with E-state index >= 15 is 0 Å². The number of carbonyl (C=O) groups excluding carboxylic acids is 2. The number of anilines is 2. The van der Waals surface area contributed by atoms with Gasteiger partial charge in [-0.05, 0) is 169 Å². The summed E-state index contributed by atoms with van der Waals surface area (Å²) in [4.78, 5) is 53.6. The Labute approximate surface area is 594 Å². The lowest BCUT2D eigenvalue weighted by molar-refractivity contribution is -0.142. The van der Waals surface area contributed by atoms with E-state index in [1.807, 2.05) is 113 Å². The van der Waals surface area contributed by atoms with Crippen LogP contribution in [-0.2, 0) is 65.9 Å². The van der Waals surface area contributed by atoms with Gasteiger partial charge in [-0.3, -0.25) is 24.3 Å². The van der Waals surface area contributed by atoms with Crippen LogP contribution < -0.4 is 21.2 Å². The molecule has 13 aromatic heterocycles. The van der Waals surface area contributed by atoms with Gasteiger partial charge in [0.2, 0.25) is 23.0 Å². The van der Waals surface area contributed by atoms with E-state index in [4.69, 9.17) is 15.6 Å². The molecular formula is C60H65N39O7. The highest BCUT2D eigenvalue weighted by molar-refractivity contribution is 5.99. The van der Waals surface area contributed by atoms with E-state index in [-0.39, 0.29) is 36.4 Å². The van der Waals surface area contributed by atoms with Crippen molar-refractivity contribution in [2.24, 2.45) is 0 Å².